The Morgan fingerprint density at radius 2 is 1.81 bits per heavy atom. The molecule has 1 N–H and O–H groups in total. The zero-order valence-electron chi connectivity index (χ0n) is 20.1. The van der Waals surface area contributed by atoms with Crippen molar-refractivity contribution >= 4 is 24.6 Å². The molecular weight excluding hydrogens is 414 g/mol. The molecule has 2 aliphatic heterocycles. The Bertz CT molecular complexity index is 868. The van der Waals surface area contributed by atoms with Crippen molar-refractivity contribution in [2.45, 2.75) is 84.2 Å². The summed E-state index contributed by atoms with van der Waals surface area (Å²) in [5.74, 6) is -0.826. The summed E-state index contributed by atoms with van der Waals surface area (Å²) in [6, 6.07) is 3.95. The van der Waals surface area contributed by atoms with Crippen LogP contribution in [0.4, 0.5) is 9.18 Å². The number of carbonyl (C=O) groups is 2. The lowest BCUT2D eigenvalue weighted by atomic mass is 9.78. The normalized spacial score (nSPS) is 22.6. The van der Waals surface area contributed by atoms with Crippen LogP contribution < -0.4 is 10.8 Å². The number of rotatable bonds is 3. The van der Waals surface area contributed by atoms with E-state index in [0.29, 0.717) is 18.7 Å². The number of benzene rings is 1. The van der Waals surface area contributed by atoms with Gasteiger partial charge >= 0.3 is 13.2 Å². The molecule has 1 unspecified atom stereocenters. The number of hydrogen-bond acceptors (Lipinski definition) is 5. The lowest BCUT2D eigenvalue weighted by molar-refractivity contribution is 0.00578. The molecule has 32 heavy (non-hydrogen) atoms. The lowest BCUT2D eigenvalue weighted by Gasteiger charge is -2.34. The van der Waals surface area contributed by atoms with E-state index in [0.717, 1.165) is 12.8 Å². The highest BCUT2D eigenvalue weighted by Gasteiger charge is 2.52. The summed E-state index contributed by atoms with van der Waals surface area (Å²) in [6.07, 6.45) is 1.12. The van der Waals surface area contributed by atoms with Crippen LogP contribution in [0.3, 0.4) is 0 Å². The SMILES string of the molecule is CC(C)(C)OC(=O)N1CCCC(NC(=O)c2ccc(F)c(B3OC(C)(C)C(C)(C)O3)c2)C1. The second-order valence-electron chi connectivity index (χ2n) is 10.6. The summed E-state index contributed by atoms with van der Waals surface area (Å²) >= 11 is 0. The number of nitrogens with zero attached hydrogens (tertiary/aromatic N) is 1. The van der Waals surface area contributed by atoms with Crippen molar-refractivity contribution in [3.63, 3.8) is 0 Å². The Labute approximate surface area is 190 Å². The number of carbonyl (C=O) groups excluding carboxylic acids is 2. The second-order valence-corrected chi connectivity index (χ2v) is 10.6. The summed E-state index contributed by atoms with van der Waals surface area (Å²) < 4.78 is 31.9. The predicted molar refractivity (Wildman–Crippen MR) is 120 cm³/mol. The van der Waals surface area contributed by atoms with Crippen molar-refractivity contribution in [3.05, 3.63) is 29.6 Å². The third-order valence-corrected chi connectivity index (χ3v) is 6.17. The summed E-state index contributed by atoms with van der Waals surface area (Å²) in [7, 11) is -0.898. The number of piperidine rings is 1. The molecule has 176 valence electrons. The molecule has 2 fully saturated rings. The quantitative estimate of drug-likeness (QED) is 0.719. The van der Waals surface area contributed by atoms with Crippen molar-refractivity contribution < 1.29 is 28.0 Å². The molecule has 9 heteroatoms. The molecule has 2 saturated heterocycles. The van der Waals surface area contributed by atoms with Gasteiger partial charge in [0, 0.05) is 30.2 Å². The van der Waals surface area contributed by atoms with Crippen molar-refractivity contribution in [2.24, 2.45) is 0 Å². The van der Waals surface area contributed by atoms with Crippen LogP contribution in [0.5, 0.6) is 0 Å². The van der Waals surface area contributed by atoms with Gasteiger partial charge in [-0.3, -0.25) is 4.79 Å². The highest BCUT2D eigenvalue weighted by molar-refractivity contribution is 6.62. The molecule has 0 saturated carbocycles. The zero-order valence-corrected chi connectivity index (χ0v) is 20.1. The van der Waals surface area contributed by atoms with Crippen LogP contribution >= 0.6 is 0 Å². The third-order valence-electron chi connectivity index (χ3n) is 6.17. The molecule has 0 spiro atoms. The summed E-state index contributed by atoms with van der Waals surface area (Å²) in [5.41, 5.74) is -1.31. The first kappa shape index (κ1) is 24.5. The minimum absolute atomic E-state index is 0.190. The molecule has 2 heterocycles. The first-order chi connectivity index (χ1) is 14.7. The number of hydrogen-bond donors (Lipinski definition) is 1. The highest BCUT2D eigenvalue weighted by atomic mass is 19.1. The monoisotopic (exact) mass is 448 g/mol. The first-order valence-electron chi connectivity index (χ1n) is 11.1. The van der Waals surface area contributed by atoms with Crippen molar-refractivity contribution in [1.82, 2.24) is 10.2 Å². The zero-order chi connectivity index (χ0) is 23.9. The van der Waals surface area contributed by atoms with E-state index in [9.17, 15) is 14.0 Å². The molecule has 0 bridgehead atoms. The van der Waals surface area contributed by atoms with Crippen LogP contribution in [-0.2, 0) is 14.0 Å². The summed E-state index contributed by atoms with van der Waals surface area (Å²) in [5, 5.41) is 2.96. The van der Waals surface area contributed by atoms with Gasteiger partial charge in [0.15, 0.2) is 0 Å². The van der Waals surface area contributed by atoms with Gasteiger partial charge in [0.2, 0.25) is 0 Å². The van der Waals surface area contributed by atoms with E-state index in [4.69, 9.17) is 14.0 Å². The Hall–Kier alpha value is -2.13. The van der Waals surface area contributed by atoms with E-state index < -0.39 is 29.7 Å². The van der Waals surface area contributed by atoms with Crippen LogP contribution in [0.25, 0.3) is 0 Å². The fourth-order valence-corrected chi connectivity index (χ4v) is 3.69. The van der Waals surface area contributed by atoms with E-state index in [1.807, 2.05) is 48.5 Å². The smallest absolute Gasteiger partial charge is 0.444 e. The van der Waals surface area contributed by atoms with E-state index in [1.165, 1.54) is 18.2 Å². The fraction of sp³-hybridized carbons (Fsp3) is 0.652. The molecule has 2 amide bonds. The Morgan fingerprint density at radius 3 is 2.41 bits per heavy atom. The molecule has 0 aromatic heterocycles. The molecule has 7 nitrogen and oxygen atoms in total. The standard InChI is InChI=1S/C23H34BFN2O5/c1-21(2,3)30-20(29)27-12-8-9-16(14-27)26-19(28)15-10-11-18(25)17(13-15)24-31-22(4,5)23(6,7)32-24/h10-11,13,16H,8-9,12,14H2,1-7H3,(H,26,28). The summed E-state index contributed by atoms with van der Waals surface area (Å²) in [6.45, 7) is 14.0. The minimum atomic E-state index is -0.898. The van der Waals surface area contributed by atoms with Crippen LogP contribution in [0, 0.1) is 5.82 Å². The van der Waals surface area contributed by atoms with Gasteiger partial charge in [-0.25, -0.2) is 9.18 Å². The second kappa shape index (κ2) is 8.67. The van der Waals surface area contributed by atoms with Gasteiger partial charge in [0.1, 0.15) is 11.4 Å². The highest BCUT2D eigenvalue weighted by Crippen LogP contribution is 2.36. The lowest BCUT2D eigenvalue weighted by Crippen LogP contribution is -2.50. The number of ether oxygens (including phenoxy) is 1. The minimum Gasteiger partial charge on any atom is -0.444 e. The Balaban J connectivity index is 1.68. The van der Waals surface area contributed by atoms with Crippen LogP contribution in [0.15, 0.2) is 18.2 Å². The van der Waals surface area contributed by atoms with Crippen molar-refractivity contribution in [1.29, 1.82) is 0 Å². The van der Waals surface area contributed by atoms with Gasteiger partial charge in [0.05, 0.1) is 11.2 Å². The van der Waals surface area contributed by atoms with Crippen LogP contribution in [0.2, 0.25) is 0 Å². The molecule has 0 aliphatic carbocycles. The van der Waals surface area contributed by atoms with E-state index in [2.05, 4.69) is 5.32 Å². The van der Waals surface area contributed by atoms with Crippen molar-refractivity contribution in [2.75, 3.05) is 13.1 Å². The molecule has 1 aromatic carbocycles. The van der Waals surface area contributed by atoms with Crippen LogP contribution in [0.1, 0.15) is 71.7 Å². The van der Waals surface area contributed by atoms with E-state index in [1.54, 1.807) is 4.90 Å². The van der Waals surface area contributed by atoms with Gasteiger partial charge in [-0.05, 0) is 79.5 Å². The molecule has 3 rings (SSSR count). The van der Waals surface area contributed by atoms with E-state index >= 15 is 0 Å². The predicted octanol–water partition coefficient (Wildman–Crippen LogP) is 3.25. The number of amides is 2. The largest absolute Gasteiger partial charge is 0.497 e. The number of halogens is 1. The van der Waals surface area contributed by atoms with E-state index in [-0.39, 0.29) is 23.5 Å². The third kappa shape index (κ3) is 5.43. The van der Waals surface area contributed by atoms with Gasteiger partial charge < -0.3 is 24.3 Å². The maximum absolute atomic E-state index is 14.6. The molecule has 0 radical (unpaired) electrons. The average Bonchev–Trinajstić information content (AvgIpc) is 2.88. The Morgan fingerprint density at radius 1 is 1.19 bits per heavy atom. The molecule has 1 atom stereocenters. The van der Waals surface area contributed by atoms with Gasteiger partial charge in [-0.1, -0.05) is 0 Å². The maximum Gasteiger partial charge on any atom is 0.497 e. The number of nitrogens with one attached hydrogen (secondary N) is 1. The fourth-order valence-electron chi connectivity index (χ4n) is 3.69. The van der Waals surface area contributed by atoms with Crippen molar-refractivity contribution in [3.8, 4) is 0 Å². The average molecular weight is 448 g/mol. The van der Waals surface area contributed by atoms with Gasteiger partial charge in [-0.2, -0.15) is 0 Å². The first-order valence-corrected chi connectivity index (χ1v) is 11.1. The molecule has 2 aliphatic rings. The molecular formula is C23H34BFN2O5. The van der Waals surface area contributed by atoms with Gasteiger partial charge in [-0.15, -0.1) is 0 Å². The Kier molecular flexibility index (Phi) is 6.64. The molecule has 1 aromatic rings. The van der Waals surface area contributed by atoms with Gasteiger partial charge in [0.25, 0.3) is 5.91 Å². The van der Waals surface area contributed by atoms with Crippen LogP contribution in [-0.4, -0.2) is 60.0 Å². The number of likely N-dealkylation sites (tertiary alicyclic amines) is 1. The topological polar surface area (TPSA) is 77.1 Å². The maximum atomic E-state index is 14.6. The summed E-state index contributed by atoms with van der Waals surface area (Å²) in [4.78, 5) is 26.9.